The van der Waals surface area contributed by atoms with E-state index in [4.69, 9.17) is 0 Å². The monoisotopic (exact) mass is 193 g/mol. The average Bonchev–Trinajstić information content (AvgIpc) is 2.61. The number of imidazole rings is 1. The van der Waals surface area contributed by atoms with E-state index in [-0.39, 0.29) is 0 Å². The van der Waals surface area contributed by atoms with Gasteiger partial charge in [-0.15, -0.1) is 0 Å². The van der Waals surface area contributed by atoms with Crippen LogP contribution < -0.4 is 5.32 Å². The Balaban J connectivity index is 1.98. The van der Waals surface area contributed by atoms with E-state index in [1.54, 1.807) is 0 Å². The second-order valence-corrected chi connectivity index (χ2v) is 4.10. The quantitative estimate of drug-likeness (QED) is 0.753. The number of nitrogens with zero attached hydrogens (tertiary/aromatic N) is 1. The van der Waals surface area contributed by atoms with Crippen LogP contribution in [0.1, 0.15) is 44.5 Å². The molecule has 3 heteroatoms. The molecule has 1 heterocycles. The summed E-state index contributed by atoms with van der Waals surface area (Å²) in [7, 11) is 0. The number of hydrogen-bond acceptors (Lipinski definition) is 2. The first-order chi connectivity index (χ1) is 6.92. The summed E-state index contributed by atoms with van der Waals surface area (Å²) in [5, 5.41) is 3.58. The Bertz CT molecular complexity index is 252. The Morgan fingerprint density at radius 1 is 1.64 bits per heavy atom. The van der Waals surface area contributed by atoms with E-state index in [0.29, 0.717) is 6.04 Å². The summed E-state index contributed by atoms with van der Waals surface area (Å²) in [5.41, 5.74) is 0. The van der Waals surface area contributed by atoms with Crippen molar-refractivity contribution in [1.82, 2.24) is 15.3 Å². The van der Waals surface area contributed by atoms with Crippen LogP contribution >= 0.6 is 0 Å². The fourth-order valence-electron chi connectivity index (χ4n) is 2.01. The van der Waals surface area contributed by atoms with Crippen LogP contribution in [0.3, 0.4) is 0 Å². The minimum Gasteiger partial charge on any atom is -0.347 e. The number of aromatic nitrogens is 2. The van der Waals surface area contributed by atoms with E-state index >= 15 is 0 Å². The van der Waals surface area contributed by atoms with Gasteiger partial charge >= 0.3 is 0 Å². The second-order valence-electron chi connectivity index (χ2n) is 4.10. The van der Waals surface area contributed by atoms with Crippen molar-refractivity contribution < 1.29 is 0 Å². The molecule has 0 amide bonds. The summed E-state index contributed by atoms with van der Waals surface area (Å²) in [4.78, 5) is 7.58. The van der Waals surface area contributed by atoms with Crippen LogP contribution in [0, 0.1) is 5.92 Å². The van der Waals surface area contributed by atoms with Gasteiger partial charge in [0.25, 0.3) is 0 Å². The smallest absolute Gasteiger partial charge is 0.123 e. The van der Waals surface area contributed by atoms with Crippen LogP contribution in [0.4, 0.5) is 0 Å². The molecule has 3 nitrogen and oxygen atoms in total. The summed E-state index contributed by atoms with van der Waals surface area (Å²) in [5.74, 6) is 1.91. The molecule has 78 valence electrons. The van der Waals surface area contributed by atoms with Gasteiger partial charge in [-0.05, 0) is 31.7 Å². The maximum absolute atomic E-state index is 4.35. The second kappa shape index (κ2) is 4.60. The van der Waals surface area contributed by atoms with Gasteiger partial charge < -0.3 is 10.3 Å². The Labute approximate surface area is 85.3 Å². The molecule has 2 N–H and O–H groups in total. The van der Waals surface area contributed by atoms with E-state index in [1.807, 2.05) is 12.4 Å². The lowest BCUT2D eigenvalue weighted by atomic mass is 9.79. The van der Waals surface area contributed by atoms with E-state index in [9.17, 15) is 0 Å². The first-order valence-corrected chi connectivity index (χ1v) is 5.64. The van der Waals surface area contributed by atoms with Gasteiger partial charge in [-0.25, -0.2) is 4.98 Å². The summed E-state index contributed by atoms with van der Waals surface area (Å²) in [6.45, 7) is 3.29. The zero-order chi connectivity index (χ0) is 9.80. The molecular formula is C11H19N3. The van der Waals surface area contributed by atoms with Gasteiger partial charge in [0.1, 0.15) is 5.82 Å². The molecule has 1 aliphatic rings. The fraction of sp³-hybridized carbons (Fsp3) is 0.727. The largest absolute Gasteiger partial charge is 0.347 e. The third kappa shape index (κ3) is 1.98. The highest BCUT2D eigenvalue weighted by molar-refractivity contribution is 5.00. The molecule has 1 aliphatic carbocycles. The topological polar surface area (TPSA) is 40.7 Å². The van der Waals surface area contributed by atoms with E-state index in [0.717, 1.165) is 18.3 Å². The predicted molar refractivity (Wildman–Crippen MR) is 57.0 cm³/mol. The van der Waals surface area contributed by atoms with Crippen molar-refractivity contribution in [2.24, 2.45) is 5.92 Å². The maximum atomic E-state index is 4.35. The molecule has 0 bridgehead atoms. The molecule has 14 heavy (non-hydrogen) atoms. The van der Waals surface area contributed by atoms with Gasteiger partial charge in [-0.2, -0.15) is 0 Å². The SMILES string of the molecule is CCCNC(c1ncc[nH]1)C1CCC1. The summed E-state index contributed by atoms with van der Waals surface area (Å²) in [6, 6.07) is 0.457. The van der Waals surface area contributed by atoms with Crippen molar-refractivity contribution in [3.05, 3.63) is 18.2 Å². The lowest BCUT2D eigenvalue weighted by Gasteiger charge is -2.33. The normalized spacial score (nSPS) is 19.2. The Kier molecular flexibility index (Phi) is 3.19. The molecule has 0 radical (unpaired) electrons. The summed E-state index contributed by atoms with van der Waals surface area (Å²) < 4.78 is 0. The highest BCUT2D eigenvalue weighted by Crippen LogP contribution is 2.36. The number of H-pyrrole nitrogens is 1. The van der Waals surface area contributed by atoms with Crippen molar-refractivity contribution in [2.75, 3.05) is 6.54 Å². The average molecular weight is 193 g/mol. The highest BCUT2D eigenvalue weighted by Gasteiger charge is 2.29. The Morgan fingerprint density at radius 3 is 3.00 bits per heavy atom. The summed E-state index contributed by atoms with van der Waals surface area (Å²) >= 11 is 0. The Hall–Kier alpha value is -0.830. The van der Waals surface area contributed by atoms with Gasteiger partial charge in [-0.3, -0.25) is 0 Å². The molecule has 1 unspecified atom stereocenters. The highest BCUT2D eigenvalue weighted by atomic mass is 15.0. The summed E-state index contributed by atoms with van der Waals surface area (Å²) in [6.07, 6.45) is 9.02. The molecule has 1 fully saturated rings. The molecule has 1 atom stereocenters. The molecule has 1 saturated carbocycles. The van der Waals surface area contributed by atoms with Crippen LogP contribution in [0.5, 0.6) is 0 Å². The molecule has 2 rings (SSSR count). The molecule has 0 aromatic carbocycles. The van der Waals surface area contributed by atoms with Crippen LogP contribution in [-0.4, -0.2) is 16.5 Å². The zero-order valence-corrected chi connectivity index (χ0v) is 8.79. The zero-order valence-electron chi connectivity index (χ0n) is 8.79. The van der Waals surface area contributed by atoms with Gasteiger partial charge in [0, 0.05) is 12.4 Å². The van der Waals surface area contributed by atoms with Gasteiger partial charge in [0.05, 0.1) is 6.04 Å². The van der Waals surface area contributed by atoms with Crippen molar-refractivity contribution in [2.45, 2.75) is 38.6 Å². The lowest BCUT2D eigenvalue weighted by Crippen LogP contribution is -2.33. The van der Waals surface area contributed by atoms with Crippen LogP contribution in [0.25, 0.3) is 0 Å². The fourth-order valence-corrected chi connectivity index (χ4v) is 2.01. The van der Waals surface area contributed by atoms with Crippen molar-refractivity contribution in [3.63, 3.8) is 0 Å². The number of aromatic amines is 1. The maximum Gasteiger partial charge on any atom is 0.123 e. The minimum atomic E-state index is 0.457. The van der Waals surface area contributed by atoms with E-state index in [1.165, 1.54) is 25.7 Å². The first-order valence-electron chi connectivity index (χ1n) is 5.64. The number of hydrogen-bond donors (Lipinski definition) is 2. The molecule has 0 aliphatic heterocycles. The molecule has 1 aromatic heterocycles. The third-order valence-corrected chi connectivity index (χ3v) is 3.05. The number of nitrogens with one attached hydrogen (secondary N) is 2. The molecular weight excluding hydrogens is 174 g/mol. The van der Waals surface area contributed by atoms with Crippen LogP contribution in [0.15, 0.2) is 12.4 Å². The predicted octanol–water partition coefficient (Wildman–Crippen LogP) is 2.25. The minimum absolute atomic E-state index is 0.457. The standard InChI is InChI=1S/C11H19N3/c1-2-6-12-10(9-4-3-5-9)11-13-7-8-14-11/h7-10,12H,2-6H2,1H3,(H,13,14). The van der Waals surface area contributed by atoms with E-state index in [2.05, 4.69) is 22.2 Å². The van der Waals surface area contributed by atoms with Crippen molar-refractivity contribution in [3.8, 4) is 0 Å². The molecule has 0 saturated heterocycles. The molecule has 0 spiro atoms. The van der Waals surface area contributed by atoms with Crippen LogP contribution in [0.2, 0.25) is 0 Å². The van der Waals surface area contributed by atoms with E-state index < -0.39 is 0 Å². The molecule has 1 aromatic rings. The van der Waals surface area contributed by atoms with Gasteiger partial charge in [0.2, 0.25) is 0 Å². The first kappa shape index (κ1) is 9.71. The van der Waals surface area contributed by atoms with Crippen LogP contribution in [-0.2, 0) is 0 Å². The van der Waals surface area contributed by atoms with Crippen molar-refractivity contribution >= 4 is 0 Å². The van der Waals surface area contributed by atoms with Gasteiger partial charge in [-0.1, -0.05) is 13.3 Å². The third-order valence-electron chi connectivity index (χ3n) is 3.05. The van der Waals surface area contributed by atoms with Crippen molar-refractivity contribution in [1.29, 1.82) is 0 Å². The number of rotatable bonds is 5. The Morgan fingerprint density at radius 2 is 2.50 bits per heavy atom. The lowest BCUT2D eigenvalue weighted by molar-refractivity contribution is 0.224. The van der Waals surface area contributed by atoms with Gasteiger partial charge in [0.15, 0.2) is 0 Å².